The van der Waals surface area contributed by atoms with Crippen LogP contribution < -0.4 is 15.5 Å². The Bertz CT molecular complexity index is 922. The summed E-state index contributed by atoms with van der Waals surface area (Å²) in [5, 5.41) is 33.7. The molecule has 0 aliphatic rings. The van der Waals surface area contributed by atoms with Crippen LogP contribution in [0.1, 0.15) is 68.3 Å². The van der Waals surface area contributed by atoms with E-state index in [1.165, 1.54) is 0 Å². The number of carboxylic acids is 2. The van der Waals surface area contributed by atoms with Gasteiger partial charge in [0.1, 0.15) is 0 Å². The summed E-state index contributed by atoms with van der Waals surface area (Å²) >= 11 is 0. The van der Waals surface area contributed by atoms with Gasteiger partial charge in [0.25, 0.3) is 5.91 Å². The van der Waals surface area contributed by atoms with Crippen LogP contribution in [0.15, 0.2) is 65.7 Å². The molecule has 0 bridgehead atoms. The monoisotopic (exact) mass is 508 g/mol. The average molecular weight is 509 g/mol. The van der Waals surface area contributed by atoms with Crippen molar-refractivity contribution in [1.82, 2.24) is 5.32 Å². The van der Waals surface area contributed by atoms with Gasteiger partial charge in [-0.15, -0.1) is 0 Å². The second-order valence-corrected chi connectivity index (χ2v) is 7.74. The number of carbonyl (C=O) groups excluding carboxylic acids is 2. The molecule has 0 heterocycles. The third-order valence-electron chi connectivity index (χ3n) is 4.77. The van der Waals surface area contributed by atoms with Gasteiger partial charge in [-0.2, -0.15) is 0 Å². The number of aliphatic imine (C=N–C) groups is 1. The van der Waals surface area contributed by atoms with Gasteiger partial charge in [0.15, 0.2) is 0 Å². The summed E-state index contributed by atoms with van der Waals surface area (Å²) in [6.07, 6.45) is 2.63. The first-order chi connectivity index (χ1) is 16.3. The zero-order valence-electron chi connectivity index (χ0n) is 20.3. The first-order valence-electron chi connectivity index (χ1n) is 11.3. The minimum Gasteiger partial charge on any atom is -0.858 e. The molecule has 0 fully saturated rings. The minimum absolute atomic E-state index is 0. The van der Waals surface area contributed by atoms with Crippen LogP contribution >= 0.6 is 0 Å². The van der Waals surface area contributed by atoms with E-state index in [9.17, 15) is 24.6 Å². The summed E-state index contributed by atoms with van der Waals surface area (Å²) < 4.78 is 0. The van der Waals surface area contributed by atoms with Gasteiger partial charge in [0.05, 0.1) is 12.5 Å². The van der Waals surface area contributed by atoms with Crippen LogP contribution in [0.3, 0.4) is 0 Å². The van der Waals surface area contributed by atoms with E-state index in [1.807, 2.05) is 26.0 Å². The molecule has 1 amide bonds. The molecule has 2 unspecified atom stereocenters. The molecule has 184 valence electrons. The maximum absolute atomic E-state index is 11.8. The van der Waals surface area contributed by atoms with Gasteiger partial charge >= 0.3 is 43.7 Å². The Morgan fingerprint density at radius 1 is 0.857 bits per heavy atom. The van der Waals surface area contributed by atoms with Crippen LogP contribution in [-0.4, -0.2) is 78.7 Å². The van der Waals surface area contributed by atoms with E-state index in [2.05, 4.69) is 10.3 Å². The van der Waals surface area contributed by atoms with E-state index in [0.29, 0.717) is 24.0 Å². The van der Waals surface area contributed by atoms with Crippen LogP contribution in [-0.2, 0) is 9.59 Å². The van der Waals surface area contributed by atoms with Gasteiger partial charge in [0.2, 0.25) is 0 Å². The zero-order valence-corrected chi connectivity index (χ0v) is 22.5. The molecule has 35 heavy (non-hydrogen) atoms. The van der Waals surface area contributed by atoms with Crippen molar-refractivity contribution in [3.8, 4) is 0 Å². The third-order valence-corrected chi connectivity index (χ3v) is 4.77. The fourth-order valence-electron chi connectivity index (χ4n) is 3.20. The predicted molar refractivity (Wildman–Crippen MR) is 132 cm³/mol. The number of carbonyl (C=O) groups is 3. The van der Waals surface area contributed by atoms with Crippen LogP contribution in [0.4, 0.5) is 0 Å². The summed E-state index contributed by atoms with van der Waals surface area (Å²) in [5.41, 5.74) is 1.03. The van der Waals surface area contributed by atoms with Crippen molar-refractivity contribution in [3.63, 3.8) is 0 Å². The van der Waals surface area contributed by atoms with E-state index >= 15 is 0 Å². The van der Waals surface area contributed by atoms with Crippen LogP contribution in [0.25, 0.3) is 0 Å². The topological polar surface area (TPSA) is 142 Å². The Morgan fingerprint density at radius 2 is 1.37 bits per heavy atom. The van der Waals surface area contributed by atoms with Crippen molar-refractivity contribution in [3.05, 3.63) is 71.8 Å². The Hall–Kier alpha value is -2.42. The Labute approximate surface area is 236 Å². The number of rotatable bonds is 12. The van der Waals surface area contributed by atoms with Crippen molar-refractivity contribution in [1.29, 1.82) is 0 Å². The van der Waals surface area contributed by atoms with Crippen LogP contribution in [0.5, 0.6) is 0 Å². The molecule has 0 spiro atoms. The minimum atomic E-state index is -1.17. The fourth-order valence-corrected chi connectivity index (χ4v) is 3.20. The summed E-state index contributed by atoms with van der Waals surface area (Å²) in [4.78, 5) is 36.9. The first-order valence-corrected chi connectivity index (χ1v) is 11.3. The van der Waals surface area contributed by atoms with Gasteiger partial charge < -0.3 is 25.4 Å². The molecule has 8 nitrogen and oxygen atoms in total. The fraction of sp³-hybridized carbons (Fsp3) is 0.385. The molecule has 2 N–H and O–H groups in total. The number of nitrogens with one attached hydrogen (secondary N) is 1. The number of amides is 1. The van der Waals surface area contributed by atoms with E-state index in [1.54, 1.807) is 48.5 Å². The van der Waals surface area contributed by atoms with Gasteiger partial charge in [-0.3, -0.25) is 14.6 Å². The molecule has 2 atom stereocenters. The maximum Gasteiger partial charge on any atom is 2.00 e. The standard InChI is InChI=1S/2C13H17NO3.Ca/c2*1-2-6-11(9-12(15)16)14-13(17)10-7-4-3-5-8-10;/h2*3-5,7-8,11H,2,6,9H2,1H3,(H,14,17)(H,15,16);/q;;+2/p-2. The summed E-state index contributed by atoms with van der Waals surface area (Å²) in [6.45, 7) is 3.88. The molecule has 2 aromatic rings. The largest absolute Gasteiger partial charge is 2.00 e. The SMILES string of the molecule is CCCC(CC(=O)O)NC(=O)c1ccccc1.CCCC(CC(=O)[O-])N=C([O-])c1ccccc1.[Ca+2]. The van der Waals surface area contributed by atoms with Gasteiger partial charge in [-0.05, 0) is 36.4 Å². The van der Waals surface area contributed by atoms with E-state index in [4.69, 9.17) is 5.11 Å². The molecule has 0 saturated carbocycles. The Balaban J connectivity index is 0.000000642. The van der Waals surface area contributed by atoms with Crippen molar-refractivity contribution in [2.24, 2.45) is 4.99 Å². The number of aliphatic carboxylic acids is 2. The number of carboxylic acid groups (broad SMARTS) is 2. The summed E-state index contributed by atoms with van der Waals surface area (Å²) in [5.74, 6) is -2.65. The molecular weight excluding hydrogens is 476 g/mol. The second kappa shape index (κ2) is 18.9. The van der Waals surface area contributed by atoms with Crippen molar-refractivity contribution in [2.75, 3.05) is 0 Å². The van der Waals surface area contributed by atoms with E-state index < -0.39 is 18.0 Å². The number of hydrogen-bond acceptors (Lipinski definition) is 6. The molecule has 0 aliphatic carbocycles. The van der Waals surface area contributed by atoms with Gasteiger partial charge in [-0.1, -0.05) is 75.2 Å². The predicted octanol–water partition coefficient (Wildman–Crippen LogP) is 1.78. The van der Waals surface area contributed by atoms with E-state index in [-0.39, 0.29) is 68.4 Å². The Kier molecular flexibility index (Phi) is 17.5. The first kappa shape index (κ1) is 32.6. The van der Waals surface area contributed by atoms with Crippen LogP contribution in [0, 0.1) is 0 Å². The van der Waals surface area contributed by atoms with Gasteiger partial charge in [-0.25, -0.2) is 0 Å². The molecule has 0 aliphatic heterocycles. The number of hydrogen-bond donors (Lipinski definition) is 2. The van der Waals surface area contributed by atoms with Gasteiger partial charge in [0, 0.05) is 24.0 Å². The van der Waals surface area contributed by atoms with Crippen molar-refractivity contribution < 1.29 is 29.7 Å². The molecule has 0 saturated heterocycles. The maximum atomic E-state index is 11.8. The second-order valence-electron chi connectivity index (χ2n) is 7.74. The van der Waals surface area contributed by atoms with Crippen molar-refractivity contribution >= 4 is 61.5 Å². The summed E-state index contributed by atoms with van der Waals surface area (Å²) in [6, 6.07) is 16.6. The molecule has 0 radical (unpaired) electrons. The zero-order chi connectivity index (χ0) is 25.3. The molecule has 0 aromatic heterocycles. The molecule has 2 aromatic carbocycles. The normalized spacial score (nSPS) is 12.2. The van der Waals surface area contributed by atoms with Crippen molar-refractivity contribution in [2.45, 2.75) is 64.5 Å². The number of nitrogens with zero attached hydrogens (tertiary/aromatic N) is 1. The van der Waals surface area contributed by atoms with Crippen LogP contribution in [0.2, 0.25) is 0 Å². The number of benzene rings is 2. The molecule has 2 rings (SSSR count). The van der Waals surface area contributed by atoms with E-state index in [0.717, 1.165) is 12.8 Å². The third kappa shape index (κ3) is 14.5. The Morgan fingerprint density at radius 3 is 1.83 bits per heavy atom. The average Bonchev–Trinajstić information content (AvgIpc) is 2.80. The smallest absolute Gasteiger partial charge is 0.858 e. The molecule has 9 heteroatoms. The quantitative estimate of drug-likeness (QED) is 0.254. The molecular formula is C26H32CaN2O6. The summed E-state index contributed by atoms with van der Waals surface area (Å²) in [7, 11) is 0.